The Hall–Kier alpha value is -1.02. The van der Waals surface area contributed by atoms with Crippen LogP contribution < -0.4 is 10.1 Å². The molecule has 0 aromatic heterocycles. The number of ether oxygens (including phenoxy) is 1. The normalized spacial score (nSPS) is 23.2. The first kappa shape index (κ1) is 12.4. The van der Waals surface area contributed by atoms with Crippen molar-refractivity contribution in [3.05, 3.63) is 29.3 Å². The number of rotatable bonds is 5. The average Bonchev–Trinajstić information content (AvgIpc) is 2.32. The zero-order chi connectivity index (χ0) is 12.3. The predicted molar refractivity (Wildman–Crippen MR) is 71.6 cm³/mol. The van der Waals surface area contributed by atoms with Crippen molar-refractivity contribution in [1.82, 2.24) is 5.32 Å². The van der Waals surface area contributed by atoms with E-state index in [0.717, 1.165) is 30.6 Å². The average molecular weight is 233 g/mol. The molecule has 0 radical (unpaired) electrons. The van der Waals surface area contributed by atoms with Crippen molar-refractivity contribution >= 4 is 0 Å². The van der Waals surface area contributed by atoms with Crippen LogP contribution in [0.3, 0.4) is 0 Å². The van der Waals surface area contributed by atoms with E-state index in [1.54, 1.807) is 7.11 Å². The van der Waals surface area contributed by atoms with Crippen LogP contribution in [0.5, 0.6) is 5.75 Å². The SMILES string of the molecule is CNCC1CCC1Cc1cc(C)ccc1OC. The van der Waals surface area contributed by atoms with Gasteiger partial charge < -0.3 is 10.1 Å². The number of nitrogens with one attached hydrogen (secondary N) is 1. The second-order valence-corrected chi connectivity index (χ2v) is 5.17. The molecule has 0 saturated heterocycles. The quantitative estimate of drug-likeness (QED) is 0.844. The first-order chi connectivity index (χ1) is 8.24. The zero-order valence-electron chi connectivity index (χ0n) is 11.1. The number of hydrogen-bond acceptors (Lipinski definition) is 2. The maximum Gasteiger partial charge on any atom is 0.122 e. The van der Waals surface area contributed by atoms with Gasteiger partial charge in [0.2, 0.25) is 0 Å². The molecule has 2 unspecified atom stereocenters. The summed E-state index contributed by atoms with van der Waals surface area (Å²) >= 11 is 0. The fraction of sp³-hybridized carbons (Fsp3) is 0.600. The van der Waals surface area contributed by atoms with Crippen molar-refractivity contribution in [3.8, 4) is 5.75 Å². The summed E-state index contributed by atoms with van der Waals surface area (Å²) in [7, 11) is 3.81. The highest BCUT2D eigenvalue weighted by molar-refractivity contribution is 5.37. The van der Waals surface area contributed by atoms with Crippen molar-refractivity contribution in [1.29, 1.82) is 0 Å². The number of benzene rings is 1. The maximum atomic E-state index is 5.45. The third kappa shape index (κ3) is 2.81. The van der Waals surface area contributed by atoms with Gasteiger partial charge in [0.15, 0.2) is 0 Å². The Bertz CT molecular complexity index is 375. The summed E-state index contributed by atoms with van der Waals surface area (Å²) in [6, 6.07) is 6.48. The summed E-state index contributed by atoms with van der Waals surface area (Å²) in [5.41, 5.74) is 2.70. The molecular weight excluding hydrogens is 210 g/mol. The molecular formula is C15H23NO. The lowest BCUT2D eigenvalue weighted by Crippen LogP contribution is -2.35. The molecule has 1 saturated carbocycles. The standard InChI is InChI=1S/C15H23NO/c1-11-4-7-15(17-3)14(8-11)9-12-5-6-13(12)10-16-2/h4,7-8,12-13,16H,5-6,9-10H2,1-3H3. The number of aryl methyl sites for hydroxylation is 1. The maximum absolute atomic E-state index is 5.45. The Balaban J connectivity index is 2.05. The molecule has 0 aliphatic heterocycles. The van der Waals surface area contributed by atoms with E-state index in [-0.39, 0.29) is 0 Å². The molecule has 1 aromatic rings. The Morgan fingerprint density at radius 3 is 2.65 bits per heavy atom. The van der Waals surface area contributed by atoms with Crippen LogP contribution in [-0.2, 0) is 6.42 Å². The van der Waals surface area contributed by atoms with Gasteiger partial charge in [-0.05, 0) is 63.2 Å². The highest BCUT2D eigenvalue weighted by Crippen LogP contribution is 2.38. The molecule has 1 fully saturated rings. The van der Waals surface area contributed by atoms with E-state index in [4.69, 9.17) is 4.74 Å². The summed E-state index contributed by atoms with van der Waals surface area (Å²) in [5, 5.41) is 3.29. The molecule has 94 valence electrons. The van der Waals surface area contributed by atoms with Crippen LogP contribution >= 0.6 is 0 Å². The van der Waals surface area contributed by atoms with Crippen LogP contribution in [-0.4, -0.2) is 20.7 Å². The van der Waals surface area contributed by atoms with Crippen LogP contribution in [0.4, 0.5) is 0 Å². The van der Waals surface area contributed by atoms with Crippen LogP contribution in [0.1, 0.15) is 24.0 Å². The molecule has 17 heavy (non-hydrogen) atoms. The van der Waals surface area contributed by atoms with Crippen molar-refractivity contribution in [2.75, 3.05) is 20.7 Å². The van der Waals surface area contributed by atoms with Gasteiger partial charge in [-0.1, -0.05) is 17.7 Å². The number of methoxy groups -OCH3 is 1. The van der Waals surface area contributed by atoms with E-state index in [2.05, 4.69) is 30.4 Å². The summed E-state index contributed by atoms with van der Waals surface area (Å²) in [6.45, 7) is 3.30. The molecule has 1 aromatic carbocycles. The molecule has 2 nitrogen and oxygen atoms in total. The van der Waals surface area contributed by atoms with E-state index < -0.39 is 0 Å². The fourth-order valence-electron chi connectivity index (χ4n) is 2.79. The predicted octanol–water partition coefficient (Wildman–Crippen LogP) is 2.79. The van der Waals surface area contributed by atoms with Gasteiger partial charge in [-0.2, -0.15) is 0 Å². The monoisotopic (exact) mass is 233 g/mol. The van der Waals surface area contributed by atoms with Gasteiger partial charge >= 0.3 is 0 Å². The highest BCUT2D eigenvalue weighted by Gasteiger charge is 2.30. The van der Waals surface area contributed by atoms with Gasteiger partial charge in [-0.15, -0.1) is 0 Å². The lowest BCUT2D eigenvalue weighted by Gasteiger charge is -2.37. The van der Waals surface area contributed by atoms with Gasteiger partial charge in [0.05, 0.1) is 7.11 Å². The van der Waals surface area contributed by atoms with E-state index in [1.165, 1.54) is 24.0 Å². The molecule has 2 heteroatoms. The fourth-order valence-corrected chi connectivity index (χ4v) is 2.79. The van der Waals surface area contributed by atoms with Crippen molar-refractivity contribution in [3.63, 3.8) is 0 Å². The Morgan fingerprint density at radius 2 is 2.06 bits per heavy atom. The minimum Gasteiger partial charge on any atom is -0.496 e. The summed E-state index contributed by atoms with van der Waals surface area (Å²) in [6.07, 6.45) is 3.90. The van der Waals surface area contributed by atoms with Crippen LogP contribution in [0.15, 0.2) is 18.2 Å². The van der Waals surface area contributed by atoms with Crippen molar-refractivity contribution in [2.45, 2.75) is 26.2 Å². The molecule has 1 N–H and O–H groups in total. The molecule has 0 bridgehead atoms. The Labute approximate surface area is 104 Å². The topological polar surface area (TPSA) is 21.3 Å². The van der Waals surface area contributed by atoms with E-state index >= 15 is 0 Å². The minimum absolute atomic E-state index is 0.832. The molecule has 0 heterocycles. The van der Waals surface area contributed by atoms with Gasteiger partial charge in [0.25, 0.3) is 0 Å². The third-order valence-electron chi connectivity index (χ3n) is 3.96. The molecule has 1 aliphatic rings. The van der Waals surface area contributed by atoms with Gasteiger partial charge in [-0.3, -0.25) is 0 Å². The molecule has 2 atom stereocenters. The van der Waals surface area contributed by atoms with Crippen LogP contribution in [0.25, 0.3) is 0 Å². The Kier molecular flexibility index (Phi) is 4.06. The van der Waals surface area contributed by atoms with E-state index in [1.807, 2.05) is 7.05 Å². The van der Waals surface area contributed by atoms with Crippen LogP contribution in [0, 0.1) is 18.8 Å². The van der Waals surface area contributed by atoms with Gasteiger partial charge in [-0.25, -0.2) is 0 Å². The first-order valence-corrected chi connectivity index (χ1v) is 6.52. The molecule has 0 spiro atoms. The smallest absolute Gasteiger partial charge is 0.122 e. The van der Waals surface area contributed by atoms with Gasteiger partial charge in [0.1, 0.15) is 5.75 Å². The van der Waals surface area contributed by atoms with Crippen molar-refractivity contribution in [2.24, 2.45) is 11.8 Å². The molecule has 1 aliphatic carbocycles. The van der Waals surface area contributed by atoms with E-state index in [0.29, 0.717) is 0 Å². The molecule has 0 amide bonds. The Morgan fingerprint density at radius 1 is 1.29 bits per heavy atom. The highest BCUT2D eigenvalue weighted by atomic mass is 16.5. The first-order valence-electron chi connectivity index (χ1n) is 6.52. The zero-order valence-corrected chi connectivity index (χ0v) is 11.1. The van der Waals surface area contributed by atoms with E-state index in [9.17, 15) is 0 Å². The summed E-state index contributed by atoms with van der Waals surface area (Å²) in [5.74, 6) is 2.73. The minimum atomic E-state index is 0.832. The largest absolute Gasteiger partial charge is 0.496 e. The summed E-state index contributed by atoms with van der Waals surface area (Å²) < 4.78 is 5.45. The molecule has 2 rings (SSSR count). The number of hydrogen-bond donors (Lipinski definition) is 1. The lowest BCUT2D eigenvalue weighted by molar-refractivity contribution is 0.173. The second kappa shape index (κ2) is 5.54. The summed E-state index contributed by atoms with van der Waals surface area (Å²) in [4.78, 5) is 0. The lowest BCUT2D eigenvalue weighted by atomic mass is 9.70. The van der Waals surface area contributed by atoms with Gasteiger partial charge in [0, 0.05) is 0 Å². The van der Waals surface area contributed by atoms with Crippen LogP contribution in [0.2, 0.25) is 0 Å². The van der Waals surface area contributed by atoms with Crippen molar-refractivity contribution < 1.29 is 4.74 Å². The second-order valence-electron chi connectivity index (χ2n) is 5.17. The third-order valence-corrected chi connectivity index (χ3v) is 3.96.